The van der Waals surface area contributed by atoms with Gasteiger partial charge in [-0.3, -0.25) is 9.88 Å². The molecule has 0 radical (unpaired) electrons. The first kappa shape index (κ1) is 15.5. The second kappa shape index (κ2) is 7.19. The molecule has 0 bridgehead atoms. The van der Waals surface area contributed by atoms with Crippen LogP contribution in [0.25, 0.3) is 0 Å². The Morgan fingerprint density at radius 2 is 2.05 bits per heavy atom. The summed E-state index contributed by atoms with van der Waals surface area (Å²) in [6, 6.07) is 4.61. The predicted molar refractivity (Wildman–Crippen MR) is 84.4 cm³/mol. The molecule has 2 N–H and O–H groups in total. The van der Waals surface area contributed by atoms with Crippen LogP contribution in [0, 0.1) is 11.8 Å². The van der Waals surface area contributed by atoms with Gasteiger partial charge < -0.3 is 5.73 Å². The first-order valence-corrected chi connectivity index (χ1v) is 7.99. The minimum atomic E-state index is 0.134. The van der Waals surface area contributed by atoms with Crippen molar-refractivity contribution in [3.63, 3.8) is 0 Å². The second-order valence-corrected chi connectivity index (χ2v) is 6.56. The zero-order chi connectivity index (χ0) is 14.5. The molecule has 1 aliphatic rings. The largest absolute Gasteiger partial charge is 0.326 e. The summed E-state index contributed by atoms with van der Waals surface area (Å²) in [6.45, 7) is 9.13. The smallest absolute Gasteiger partial charge is 0.0511 e. The molecule has 3 nitrogen and oxygen atoms in total. The first-order valence-electron chi connectivity index (χ1n) is 7.99. The van der Waals surface area contributed by atoms with Crippen molar-refractivity contribution in [2.75, 3.05) is 13.1 Å². The molecule has 1 aromatic heterocycles. The van der Waals surface area contributed by atoms with E-state index in [0.29, 0.717) is 6.04 Å². The van der Waals surface area contributed by atoms with Crippen molar-refractivity contribution in [1.82, 2.24) is 9.88 Å². The van der Waals surface area contributed by atoms with Crippen LogP contribution in [-0.4, -0.2) is 29.0 Å². The molecule has 0 spiro atoms. The van der Waals surface area contributed by atoms with Gasteiger partial charge in [-0.2, -0.15) is 0 Å². The fourth-order valence-corrected chi connectivity index (χ4v) is 3.49. The lowest BCUT2D eigenvalue weighted by Crippen LogP contribution is -2.40. The average molecular weight is 275 g/mol. The quantitative estimate of drug-likeness (QED) is 0.917. The zero-order valence-electron chi connectivity index (χ0n) is 13.1. The van der Waals surface area contributed by atoms with Gasteiger partial charge in [-0.05, 0) is 62.7 Å². The lowest BCUT2D eigenvalue weighted by atomic mass is 9.89. The summed E-state index contributed by atoms with van der Waals surface area (Å²) in [6.07, 6.45) is 7.73. The van der Waals surface area contributed by atoms with E-state index in [1.165, 1.54) is 24.8 Å². The van der Waals surface area contributed by atoms with E-state index < -0.39 is 0 Å². The summed E-state index contributed by atoms with van der Waals surface area (Å²) in [5.74, 6) is 1.66. The Morgan fingerprint density at radius 3 is 2.65 bits per heavy atom. The van der Waals surface area contributed by atoms with E-state index in [1.807, 2.05) is 18.5 Å². The molecule has 3 heteroatoms. The van der Waals surface area contributed by atoms with Gasteiger partial charge in [-0.25, -0.2) is 0 Å². The van der Waals surface area contributed by atoms with Crippen LogP contribution in [0.5, 0.6) is 0 Å². The van der Waals surface area contributed by atoms with Gasteiger partial charge in [0.15, 0.2) is 0 Å². The summed E-state index contributed by atoms with van der Waals surface area (Å²) in [4.78, 5) is 6.84. The number of hydrogen-bond donors (Lipinski definition) is 1. The third-order valence-electron chi connectivity index (χ3n) is 4.67. The topological polar surface area (TPSA) is 42.2 Å². The van der Waals surface area contributed by atoms with Gasteiger partial charge in [-0.1, -0.05) is 19.9 Å². The Kier molecular flexibility index (Phi) is 5.55. The Labute approximate surface area is 123 Å². The van der Waals surface area contributed by atoms with Crippen molar-refractivity contribution in [2.24, 2.45) is 17.6 Å². The van der Waals surface area contributed by atoms with Gasteiger partial charge in [0.2, 0.25) is 0 Å². The second-order valence-electron chi connectivity index (χ2n) is 6.56. The van der Waals surface area contributed by atoms with E-state index in [-0.39, 0.29) is 6.04 Å². The highest BCUT2D eigenvalue weighted by atomic mass is 15.2. The molecular formula is C17H29N3. The van der Waals surface area contributed by atoms with Gasteiger partial charge in [0.1, 0.15) is 0 Å². The highest BCUT2D eigenvalue weighted by Gasteiger charge is 2.27. The van der Waals surface area contributed by atoms with Crippen molar-refractivity contribution in [3.8, 4) is 0 Å². The van der Waals surface area contributed by atoms with Gasteiger partial charge >= 0.3 is 0 Å². The maximum atomic E-state index is 6.28. The fraction of sp³-hybridized carbons (Fsp3) is 0.706. The van der Waals surface area contributed by atoms with E-state index >= 15 is 0 Å². The van der Waals surface area contributed by atoms with Crippen molar-refractivity contribution in [1.29, 1.82) is 0 Å². The van der Waals surface area contributed by atoms with Crippen LogP contribution in [0.1, 0.15) is 51.6 Å². The molecule has 20 heavy (non-hydrogen) atoms. The van der Waals surface area contributed by atoms with Crippen LogP contribution in [0.2, 0.25) is 0 Å². The maximum Gasteiger partial charge on any atom is 0.0511 e. The summed E-state index contributed by atoms with van der Waals surface area (Å²) >= 11 is 0. The maximum absolute atomic E-state index is 6.28. The standard InChI is InChI=1S/C17H29N3/c1-13(2)15-7-5-10-20(11-8-15)17(14(3)18)16-6-4-9-19-12-16/h4,6,9,12-15,17H,5,7-8,10-11,18H2,1-3H3. The lowest BCUT2D eigenvalue weighted by Gasteiger charge is -2.33. The van der Waals surface area contributed by atoms with Crippen molar-refractivity contribution < 1.29 is 0 Å². The molecule has 2 rings (SSSR count). The van der Waals surface area contributed by atoms with Crippen LogP contribution in [-0.2, 0) is 0 Å². The highest BCUT2D eigenvalue weighted by molar-refractivity contribution is 5.16. The molecular weight excluding hydrogens is 246 g/mol. The van der Waals surface area contributed by atoms with E-state index in [9.17, 15) is 0 Å². The Bertz CT molecular complexity index is 388. The van der Waals surface area contributed by atoms with E-state index in [0.717, 1.165) is 24.9 Å². The number of aromatic nitrogens is 1. The van der Waals surface area contributed by atoms with Gasteiger partial charge in [0.25, 0.3) is 0 Å². The van der Waals surface area contributed by atoms with Crippen LogP contribution in [0.4, 0.5) is 0 Å². The number of nitrogens with zero attached hydrogens (tertiary/aromatic N) is 2. The summed E-state index contributed by atoms with van der Waals surface area (Å²) in [5.41, 5.74) is 7.53. The first-order chi connectivity index (χ1) is 9.59. The van der Waals surface area contributed by atoms with Crippen molar-refractivity contribution >= 4 is 0 Å². The van der Waals surface area contributed by atoms with Crippen molar-refractivity contribution in [3.05, 3.63) is 30.1 Å². The Morgan fingerprint density at radius 1 is 1.25 bits per heavy atom. The number of likely N-dealkylation sites (tertiary alicyclic amines) is 1. The molecule has 2 heterocycles. The van der Waals surface area contributed by atoms with Gasteiger partial charge in [0, 0.05) is 18.4 Å². The third-order valence-corrected chi connectivity index (χ3v) is 4.67. The number of nitrogens with two attached hydrogens (primary N) is 1. The average Bonchev–Trinajstić information content (AvgIpc) is 2.66. The van der Waals surface area contributed by atoms with Crippen molar-refractivity contribution in [2.45, 2.75) is 52.1 Å². The van der Waals surface area contributed by atoms with Crippen LogP contribution in [0.3, 0.4) is 0 Å². The van der Waals surface area contributed by atoms with E-state index in [2.05, 4.69) is 36.7 Å². The van der Waals surface area contributed by atoms with Gasteiger partial charge in [0.05, 0.1) is 6.04 Å². The molecule has 1 saturated heterocycles. The van der Waals surface area contributed by atoms with Gasteiger partial charge in [-0.15, -0.1) is 0 Å². The SMILES string of the molecule is CC(C)C1CCCN(C(c2cccnc2)C(C)N)CC1. The van der Waals surface area contributed by atoms with E-state index in [4.69, 9.17) is 5.73 Å². The van der Waals surface area contributed by atoms with Crippen LogP contribution >= 0.6 is 0 Å². The number of pyridine rings is 1. The molecule has 3 unspecified atom stereocenters. The monoisotopic (exact) mass is 275 g/mol. The number of hydrogen-bond acceptors (Lipinski definition) is 3. The molecule has 0 aliphatic carbocycles. The molecule has 0 aromatic carbocycles. The molecule has 3 atom stereocenters. The molecule has 112 valence electrons. The predicted octanol–water partition coefficient (Wildman–Crippen LogP) is 3.23. The summed E-state index contributed by atoms with van der Waals surface area (Å²) < 4.78 is 0. The summed E-state index contributed by atoms with van der Waals surface area (Å²) in [5, 5.41) is 0. The molecule has 1 fully saturated rings. The normalized spacial score (nSPS) is 24.4. The van der Waals surface area contributed by atoms with E-state index in [1.54, 1.807) is 0 Å². The highest BCUT2D eigenvalue weighted by Crippen LogP contribution is 2.30. The summed E-state index contributed by atoms with van der Waals surface area (Å²) in [7, 11) is 0. The fourth-order valence-electron chi connectivity index (χ4n) is 3.49. The zero-order valence-corrected chi connectivity index (χ0v) is 13.1. The van der Waals surface area contributed by atoms with Crippen LogP contribution in [0.15, 0.2) is 24.5 Å². The lowest BCUT2D eigenvalue weighted by molar-refractivity contribution is 0.178. The minimum absolute atomic E-state index is 0.134. The molecule has 0 saturated carbocycles. The van der Waals surface area contributed by atoms with Crippen LogP contribution < -0.4 is 5.73 Å². The Hall–Kier alpha value is -0.930. The minimum Gasteiger partial charge on any atom is -0.326 e. The molecule has 1 aliphatic heterocycles. The number of rotatable bonds is 4. The third kappa shape index (κ3) is 3.80. The molecule has 1 aromatic rings. The molecule has 0 amide bonds. The Balaban J connectivity index is 2.11.